The third-order valence-electron chi connectivity index (χ3n) is 4.81. The molecular weight excluding hydrogens is 236 g/mol. The fourth-order valence-electron chi connectivity index (χ4n) is 2.93. The average molecular weight is 268 g/mol. The molecule has 0 saturated carbocycles. The van der Waals surface area contributed by atoms with Crippen LogP contribution < -0.4 is 0 Å². The van der Waals surface area contributed by atoms with Crippen molar-refractivity contribution in [2.75, 3.05) is 13.7 Å². The largest absolute Gasteiger partial charge is 0.377 e. The number of hydrogen-bond acceptors (Lipinski definition) is 2. The van der Waals surface area contributed by atoms with Gasteiger partial charge in [-0.1, -0.05) is 40.2 Å². The molecule has 0 aromatic carbocycles. The molecule has 2 nitrogen and oxygen atoms in total. The van der Waals surface area contributed by atoms with E-state index in [9.17, 15) is 0 Å². The maximum Gasteiger partial charge on any atom is 0.0814 e. The lowest BCUT2D eigenvalue weighted by Gasteiger charge is -2.39. The van der Waals surface area contributed by atoms with Crippen LogP contribution in [0.1, 0.15) is 53.9 Å². The summed E-state index contributed by atoms with van der Waals surface area (Å²) >= 11 is 0. The molecule has 0 heterocycles. The van der Waals surface area contributed by atoms with Crippen LogP contribution in [-0.2, 0) is 9.47 Å². The molecule has 0 radical (unpaired) electrons. The second-order valence-corrected chi connectivity index (χ2v) is 6.09. The van der Waals surface area contributed by atoms with Crippen LogP contribution in [0.15, 0.2) is 11.6 Å². The molecule has 0 aromatic heterocycles. The normalized spacial score (nSPS) is 33.1. The van der Waals surface area contributed by atoms with E-state index >= 15 is 0 Å². The summed E-state index contributed by atoms with van der Waals surface area (Å²) in [5.74, 6) is 1.84. The van der Waals surface area contributed by atoms with Gasteiger partial charge in [0.25, 0.3) is 0 Å². The minimum Gasteiger partial charge on any atom is -0.377 e. The minimum atomic E-state index is 0.249. The van der Waals surface area contributed by atoms with Crippen LogP contribution >= 0.6 is 0 Å². The Morgan fingerprint density at radius 2 is 1.89 bits per heavy atom. The molecule has 0 aromatic rings. The molecule has 5 unspecified atom stereocenters. The van der Waals surface area contributed by atoms with Gasteiger partial charge in [-0.3, -0.25) is 0 Å². The molecule has 112 valence electrons. The summed E-state index contributed by atoms with van der Waals surface area (Å²) < 4.78 is 11.6. The molecular formula is C17H32O2. The standard InChI is InChI=1S/C17H32O2/c1-7-12(3)9-10-15-11-16(18-6)13(4)14(5)17(15)19-8-2/h11-14,16-17H,7-10H2,1-6H3. The first kappa shape index (κ1) is 16.7. The summed E-state index contributed by atoms with van der Waals surface area (Å²) in [7, 11) is 1.82. The van der Waals surface area contributed by atoms with Crippen LogP contribution in [-0.4, -0.2) is 25.9 Å². The lowest BCUT2D eigenvalue weighted by Crippen LogP contribution is -2.39. The van der Waals surface area contributed by atoms with Crippen molar-refractivity contribution in [1.82, 2.24) is 0 Å². The van der Waals surface area contributed by atoms with Crippen LogP contribution in [0, 0.1) is 17.8 Å². The Morgan fingerprint density at radius 3 is 2.42 bits per heavy atom. The quantitative estimate of drug-likeness (QED) is 0.635. The van der Waals surface area contributed by atoms with Gasteiger partial charge in [-0.15, -0.1) is 0 Å². The van der Waals surface area contributed by atoms with E-state index in [0.29, 0.717) is 11.8 Å². The van der Waals surface area contributed by atoms with Gasteiger partial charge in [-0.2, -0.15) is 0 Å². The van der Waals surface area contributed by atoms with Gasteiger partial charge < -0.3 is 9.47 Å². The summed E-state index contributed by atoms with van der Waals surface area (Å²) in [4.78, 5) is 0. The Hall–Kier alpha value is -0.340. The van der Waals surface area contributed by atoms with Gasteiger partial charge >= 0.3 is 0 Å². The van der Waals surface area contributed by atoms with E-state index in [4.69, 9.17) is 9.47 Å². The highest BCUT2D eigenvalue weighted by Crippen LogP contribution is 2.35. The van der Waals surface area contributed by atoms with Gasteiger partial charge in [0.05, 0.1) is 12.2 Å². The summed E-state index contributed by atoms with van der Waals surface area (Å²) in [6.45, 7) is 12.0. The molecule has 1 aliphatic rings. The van der Waals surface area contributed by atoms with Crippen molar-refractivity contribution < 1.29 is 9.47 Å². The Balaban J connectivity index is 2.80. The first-order valence-corrected chi connectivity index (χ1v) is 7.90. The van der Waals surface area contributed by atoms with Crippen molar-refractivity contribution in [2.24, 2.45) is 17.8 Å². The van der Waals surface area contributed by atoms with Crippen LogP contribution in [0.4, 0.5) is 0 Å². The Morgan fingerprint density at radius 1 is 1.21 bits per heavy atom. The predicted octanol–water partition coefficient (Wildman–Crippen LogP) is 4.45. The monoisotopic (exact) mass is 268 g/mol. The van der Waals surface area contributed by atoms with Crippen molar-refractivity contribution in [2.45, 2.75) is 66.1 Å². The molecule has 1 rings (SSSR count). The molecule has 0 saturated heterocycles. The molecule has 0 amide bonds. The fraction of sp³-hybridized carbons (Fsp3) is 0.882. The summed E-state index contributed by atoms with van der Waals surface area (Å²) in [6, 6.07) is 0. The highest BCUT2D eigenvalue weighted by Gasteiger charge is 2.35. The zero-order chi connectivity index (χ0) is 14.4. The predicted molar refractivity (Wildman–Crippen MR) is 81.3 cm³/mol. The second kappa shape index (κ2) is 8.06. The molecule has 19 heavy (non-hydrogen) atoms. The molecule has 0 spiro atoms. The SMILES string of the molecule is CCOC1C(CCC(C)CC)=CC(OC)C(C)C1C. The summed E-state index contributed by atoms with van der Waals surface area (Å²) in [5.41, 5.74) is 1.46. The van der Waals surface area contributed by atoms with Gasteiger partial charge in [-0.05, 0) is 43.1 Å². The first-order valence-electron chi connectivity index (χ1n) is 7.90. The Labute approximate surface area is 119 Å². The molecule has 2 heteroatoms. The molecule has 0 N–H and O–H groups in total. The van der Waals surface area contributed by atoms with Crippen molar-refractivity contribution in [1.29, 1.82) is 0 Å². The molecule has 0 fully saturated rings. The molecule has 5 atom stereocenters. The number of methoxy groups -OCH3 is 1. The van der Waals surface area contributed by atoms with Gasteiger partial charge in [-0.25, -0.2) is 0 Å². The Bertz CT molecular complexity index is 285. The topological polar surface area (TPSA) is 18.5 Å². The van der Waals surface area contributed by atoms with E-state index in [1.807, 2.05) is 7.11 Å². The third kappa shape index (κ3) is 4.32. The second-order valence-electron chi connectivity index (χ2n) is 6.09. The Kier molecular flexibility index (Phi) is 7.09. The molecule has 1 aliphatic carbocycles. The maximum atomic E-state index is 6.01. The van der Waals surface area contributed by atoms with Gasteiger partial charge in [0.2, 0.25) is 0 Å². The van der Waals surface area contributed by atoms with E-state index in [0.717, 1.165) is 18.9 Å². The zero-order valence-corrected chi connectivity index (χ0v) is 13.6. The molecule has 0 bridgehead atoms. The summed E-state index contributed by atoms with van der Waals surface area (Å²) in [5, 5.41) is 0. The highest BCUT2D eigenvalue weighted by atomic mass is 16.5. The van der Waals surface area contributed by atoms with Crippen molar-refractivity contribution in [3.8, 4) is 0 Å². The maximum absolute atomic E-state index is 6.01. The number of hydrogen-bond donors (Lipinski definition) is 0. The summed E-state index contributed by atoms with van der Waals surface area (Å²) in [6.07, 6.45) is 6.52. The smallest absolute Gasteiger partial charge is 0.0814 e. The van der Waals surface area contributed by atoms with Crippen LogP contribution in [0.2, 0.25) is 0 Å². The molecule has 0 aliphatic heterocycles. The van der Waals surface area contributed by atoms with Crippen molar-refractivity contribution in [3.05, 3.63) is 11.6 Å². The van der Waals surface area contributed by atoms with Gasteiger partial charge in [0.15, 0.2) is 0 Å². The van der Waals surface area contributed by atoms with Gasteiger partial charge in [0, 0.05) is 13.7 Å². The third-order valence-corrected chi connectivity index (χ3v) is 4.81. The average Bonchev–Trinajstić information content (AvgIpc) is 2.42. The van der Waals surface area contributed by atoms with Crippen LogP contribution in [0.3, 0.4) is 0 Å². The number of ether oxygens (including phenoxy) is 2. The van der Waals surface area contributed by atoms with E-state index in [1.54, 1.807) is 0 Å². The van der Waals surface area contributed by atoms with Crippen molar-refractivity contribution in [3.63, 3.8) is 0 Å². The van der Waals surface area contributed by atoms with E-state index in [1.165, 1.54) is 18.4 Å². The number of rotatable bonds is 7. The lowest BCUT2D eigenvalue weighted by atomic mass is 9.76. The lowest BCUT2D eigenvalue weighted by molar-refractivity contribution is -0.0185. The van der Waals surface area contributed by atoms with Gasteiger partial charge in [0.1, 0.15) is 0 Å². The highest BCUT2D eigenvalue weighted by molar-refractivity contribution is 5.18. The fourth-order valence-corrected chi connectivity index (χ4v) is 2.93. The van der Waals surface area contributed by atoms with E-state index in [-0.39, 0.29) is 12.2 Å². The van der Waals surface area contributed by atoms with Crippen LogP contribution in [0.5, 0.6) is 0 Å². The zero-order valence-electron chi connectivity index (χ0n) is 13.6. The first-order chi connectivity index (χ1) is 9.04. The van der Waals surface area contributed by atoms with E-state index in [2.05, 4.69) is 40.7 Å². The van der Waals surface area contributed by atoms with Crippen molar-refractivity contribution >= 4 is 0 Å². The van der Waals surface area contributed by atoms with E-state index < -0.39 is 0 Å². The minimum absolute atomic E-state index is 0.249. The van der Waals surface area contributed by atoms with Crippen LogP contribution in [0.25, 0.3) is 0 Å².